The van der Waals surface area contributed by atoms with Crippen molar-refractivity contribution in [3.63, 3.8) is 0 Å². The number of aromatic nitrogens is 2. The average Bonchev–Trinajstić information content (AvgIpc) is 3.04. The lowest BCUT2D eigenvalue weighted by molar-refractivity contribution is 0.0784. The standard InChI is InChI=1S/C21H23N3O2/c1-4-24-16(2)20(14-22-24)21(25)23(3)15-17-10-12-19(13-11-17)26-18-8-6-5-7-9-18/h5-14H,4,15H2,1-3H3. The molecule has 2 aromatic carbocycles. The Morgan fingerprint density at radius 1 is 1.08 bits per heavy atom. The van der Waals surface area contributed by atoms with E-state index in [2.05, 4.69) is 5.10 Å². The maximum absolute atomic E-state index is 12.7. The van der Waals surface area contributed by atoms with E-state index in [0.717, 1.165) is 29.3 Å². The summed E-state index contributed by atoms with van der Waals surface area (Å²) in [6.45, 7) is 5.22. The highest BCUT2D eigenvalue weighted by Crippen LogP contribution is 2.21. The molecule has 0 N–H and O–H groups in total. The average molecular weight is 349 g/mol. The molecule has 0 radical (unpaired) electrons. The summed E-state index contributed by atoms with van der Waals surface area (Å²) in [4.78, 5) is 14.4. The van der Waals surface area contributed by atoms with Gasteiger partial charge in [-0.1, -0.05) is 30.3 Å². The second-order valence-corrected chi connectivity index (χ2v) is 6.18. The van der Waals surface area contributed by atoms with Gasteiger partial charge in [-0.3, -0.25) is 9.48 Å². The number of rotatable bonds is 6. The van der Waals surface area contributed by atoms with E-state index < -0.39 is 0 Å². The van der Waals surface area contributed by atoms with Crippen LogP contribution in [-0.4, -0.2) is 27.6 Å². The number of nitrogens with zero attached hydrogens (tertiary/aromatic N) is 3. The zero-order valence-electron chi connectivity index (χ0n) is 15.3. The summed E-state index contributed by atoms with van der Waals surface area (Å²) in [6, 6.07) is 17.4. The van der Waals surface area contributed by atoms with E-state index in [0.29, 0.717) is 12.1 Å². The Balaban J connectivity index is 1.64. The first-order valence-electron chi connectivity index (χ1n) is 8.68. The summed E-state index contributed by atoms with van der Waals surface area (Å²) in [5.41, 5.74) is 2.59. The Labute approximate surface area is 153 Å². The van der Waals surface area contributed by atoms with Crippen molar-refractivity contribution in [1.29, 1.82) is 0 Å². The summed E-state index contributed by atoms with van der Waals surface area (Å²) >= 11 is 0. The zero-order chi connectivity index (χ0) is 18.5. The van der Waals surface area contributed by atoms with Crippen LogP contribution in [0.3, 0.4) is 0 Å². The number of carbonyl (C=O) groups excluding carboxylic acids is 1. The van der Waals surface area contributed by atoms with Crippen LogP contribution in [0.25, 0.3) is 0 Å². The number of ether oxygens (including phenoxy) is 1. The van der Waals surface area contributed by atoms with Gasteiger partial charge in [-0.05, 0) is 43.7 Å². The maximum atomic E-state index is 12.7. The van der Waals surface area contributed by atoms with Gasteiger partial charge in [0.05, 0.1) is 11.8 Å². The number of carbonyl (C=O) groups is 1. The van der Waals surface area contributed by atoms with E-state index in [1.165, 1.54) is 0 Å². The first-order valence-corrected chi connectivity index (χ1v) is 8.68. The molecule has 3 aromatic rings. The molecule has 1 aromatic heterocycles. The summed E-state index contributed by atoms with van der Waals surface area (Å²) in [5, 5.41) is 4.25. The quantitative estimate of drug-likeness (QED) is 0.667. The number of benzene rings is 2. The van der Waals surface area contributed by atoms with Crippen LogP contribution in [0.4, 0.5) is 0 Å². The van der Waals surface area contributed by atoms with E-state index in [-0.39, 0.29) is 5.91 Å². The van der Waals surface area contributed by atoms with E-state index >= 15 is 0 Å². The summed E-state index contributed by atoms with van der Waals surface area (Å²) in [6.07, 6.45) is 1.65. The molecule has 5 nitrogen and oxygen atoms in total. The molecule has 0 atom stereocenters. The molecule has 1 amide bonds. The lowest BCUT2D eigenvalue weighted by Crippen LogP contribution is -2.26. The van der Waals surface area contributed by atoms with Crippen LogP contribution in [0.5, 0.6) is 11.5 Å². The maximum Gasteiger partial charge on any atom is 0.257 e. The van der Waals surface area contributed by atoms with Gasteiger partial charge in [0.15, 0.2) is 0 Å². The highest BCUT2D eigenvalue weighted by molar-refractivity contribution is 5.94. The van der Waals surface area contributed by atoms with Gasteiger partial charge < -0.3 is 9.64 Å². The molecule has 3 rings (SSSR count). The lowest BCUT2D eigenvalue weighted by atomic mass is 10.2. The minimum absolute atomic E-state index is 0.0215. The van der Waals surface area contributed by atoms with Gasteiger partial charge in [0.1, 0.15) is 11.5 Å². The second-order valence-electron chi connectivity index (χ2n) is 6.18. The third-order valence-electron chi connectivity index (χ3n) is 4.30. The van der Waals surface area contributed by atoms with Crippen LogP contribution in [-0.2, 0) is 13.1 Å². The molecule has 0 unspecified atom stereocenters. The van der Waals surface area contributed by atoms with Crippen molar-refractivity contribution >= 4 is 5.91 Å². The van der Waals surface area contributed by atoms with Crippen molar-refractivity contribution in [1.82, 2.24) is 14.7 Å². The van der Waals surface area contributed by atoms with E-state index in [4.69, 9.17) is 4.74 Å². The number of hydrogen-bond donors (Lipinski definition) is 0. The molecule has 26 heavy (non-hydrogen) atoms. The Morgan fingerprint density at radius 2 is 1.73 bits per heavy atom. The molecule has 0 bridgehead atoms. The Hall–Kier alpha value is -3.08. The molecule has 5 heteroatoms. The van der Waals surface area contributed by atoms with E-state index in [1.807, 2.05) is 73.1 Å². The molecule has 0 spiro atoms. The van der Waals surface area contributed by atoms with Crippen molar-refractivity contribution < 1.29 is 9.53 Å². The third-order valence-corrected chi connectivity index (χ3v) is 4.30. The fraction of sp³-hybridized carbons (Fsp3) is 0.238. The summed E-state index contributed by atoms with van der Waals surface area (Å²) in [5.74, 6) is 1.55. The number of aryl methyl sites for hydroxylation is 1. The van der Waals surface area contributed by atoms with Crippen LogP contribution in [0.15, 0.2) is 60.8 Å². The fourth-order valence-electron chi connectivity index (χ4n) is 2.81. The largest absolute Gasteiger partial charge is 0.457 e. The first kappa shape index (κ1) is 17.7. The Morgan fingerprint density at radius 3 is 2.35 bits per heavy atom. The van der Waals surface area contributed by atoms with Crippen molar-refractivity contribution in [2.75, 3.05) is 7.05 Å². The smallest absolute Gasteiger partial charge is 0.257 e. The molecule has 0 saturated heterocycles. The number of hydrogen-bond acceptors (Lipinski definition) is 3. The van der Waals surface area contributed by atoms with E-state index in [9.17, 15) is 4.79 Å². The van der Waals surface area contributed by atoms with Gasteiger partial charge in [-0.25, -0.2) is 0 Å². The first-order chi connectivity index (χ1) is 12.6. The molecule has 1 heterocycles. The molecule has 0 aliphatic rings. The zero-order valence-corrected chi connectivity index (χ0v) is 15.3. The predicted molar refractivity (Wildman–Crippen MR) is 101 cm³/mol. The molecule has 0 saturated carbocycles. The monoisotopic (exact) mass is 349 g/mol. The van der Waals surface area contributed by atoms with Crippen LogP contribution in [0.1, 0.15) is 28.5 Å². The van der Waals surface area contributed by atoms with Crippen LogP contribution >= 0.6 is 0 Å². The van der Waals surface area contributed by atoms with Crippen LogP contribution < -0.4 is 4.74 Å². The van der Waals surface area contributed by atoms with Gasteiger partial charge in [0.2, 0.25) is 0 Å². The van der Waals surface area contributed by atoms with Gasteiger partial charge in [0.25, 0.3) is 5.91 Å². The highest BCUT2D eigenvalue weighted by atomic mass is 16.5. The minimum Gasteiger partial charge on any atom is -0.457 e. The predicted octanol–water partition coefficient (Wildman–Crippen LogP) is 4.28. The van der Waals surface area contributed by atoms with Crippen LogP contribution in [0.2, 0.25) is 0 Å². The molecule has 134 valence electrons. The van der Waals surface area contributed by atoms with Crippen molar-refractivity contribution in [2.24, 2.45) is 0 Å². The summed E-state index contributed by atoms with van der Waals surface area (Å²) < 4.78 is 7.62. The topological polar surface area (TPSA) is 47.4 Å². The molecule has 0 aliphatic heterocycles. The van der Waals surface area contributed by atoms with Gasteiger partial charge >= 0.3 is 0 Å². The van der Waals surface area contributed by atoms with Crippen molar-refractivity contribution in [2.45, 2.75) is 26.9 Å². The molecular weight excluding hydrogens is 326 g/mol. The normalized spacial score (nSPS) is 10.6. The van der Waals surface area contributed by atoms with Crippen molar-refractivity contribution in [3.8, 4) is 11.5 Å². The Bertz CT molecular complexity index is 870. The fourth-order valence-corrected chi connectivity index (χ4v) is 2.81. The lowest BCUT2D eigenvalue weighted by Gasteiger charge is -2.17. The van der Waals surface area contributed by atoms with Gasteiger partial charge in [-0.15, -0.1) is 0 Å². The molecule has 0 fully saturated rings. The number of amides is 1. The van der Waals surface area contributed by atoms with Crippen LogP contribution in [0, 0.1) is 6.92 Å². The molecular formula is C21H23N3O2. The third kappa shape index (κ3) is 3.94. The SMILES string of the molecule is CCn1ncc(C(=O)N(C)Cc2ccc(Oc3ccccc3)cc2)c1C. The van der Waals surface area contributed by atoms with Gasteiger partial charge in [0, 0.05) is 25.8 Å². The number of para-hydroxylation sites is 1. The molecule has 0 aliphatic carbocycles. The highest BCUT2D eigenvalue weighted by Gasteiger charge is 2.17. The van der Waals surface area contributed by atoms with Crippen molar-refractivity contribution in [3.05, 3.63) is 77.6 Å². The summed E-state index contributed by atoms with van der Waals surface area (Å²) in [7, 11) is 1.80. The second kappa shape index (κ2) is 7.87. The van der Waals surface area contributed by atoms with Gasteiger partial charge in [-0.2, -0.15) is 5.10 Å². The minimum atomic E-state index is -0.0215. The van der Waals surface area contributed by atoms with E-state index in [1.54, 1.807) is 18.1 Å². The Kier molecular flexibility index (Phi) is 5.37.